The number of carbonyl (C=O) groups is 1. The van der Waals surface area contributed by atoms with Gasteiger partial charge in [0.1, 0.15) is 0 Å². The summed E-state index contributed by atoms with van der Waals surface area (Å²) in [7, 11) is 0. The predicted molar refractivity (Wildman–Crippen MR) is 64.1 cm³/mol. The van der Waals surface area contributed by atoms with Crippen molar-refractivity contribution in [3.05, 3.63) is 24.3 Å². The van der Waals surface area contributed by atoms with Crippen molar-refractivity contribution in [2.45, 2.75) is 38.5 Å². The van der Waals surface area contributed by atoms with Gasteiger partial charge in [-0.3, -0.25) is 4.79 Å². The van der Waals surface area contributed by atoms with Crippen LogP contribution in [-0.2, 0) is 4.79 Å². The summed E-state index contributed by atoms with van der Waals surface area (Å²) in [5, 5.41) is 9.08. The first-order valence-electron chi connectivity index (χ1n) is 6.33. The fraction of sp³-hybridized carbons (Fsp3) is 0.643. The Kier molecular flexibility index (Phi) is 3.81. The third-order valence-electron chi connectivity index (χ3n) is 3.78. The molecule has 0 radical (unpaired) electrons. The zero-order chi connectivity index (χ0) is 11.4. The van der Waals surface area contributed by atoms with Gasteiger partial charge in [-0.15, -0.1) is 0 Å². The van der Waals surface area contributed by atoms with Gasteiger partial charge in [-0.05, 0) is 50.4 Å². The minimum absolute atomic E-state index is 0.0532. The molecular weight excluding hydrogens is 200 g/mol. The van der Waals surface area contributed by atoms with E-state index in [9.17, 15) is 4.79 Å². The van der Waals surface area contributed by atoms with E-state index >= 15 is 0 Å². The van der Waals surface area contributed by atoms with Crippen molar-refractivity contribution >= 4 is 5.97 Å². The lowest BCUT2D eigenvalue weighted by atomic mass is 10.1. The van der Waals surface area contributed by atoms with Gasteiger partial charge >= 0.3 is 5.97 Å². The van der Waals surface area contributed by atoms with Crippen molar-refractivity contribution in [3.63, 3.8) is 0 Å². The van der Waals surface area contributed by atoms with Crippen LogP contribution in [0.5, 0.6) is 0 Å². The largest absolute Gasteiger partial charge is 0.481 e. The lowest BCUT2D eigenvalue weighted by Crippen LogP contribution is -2.00. The Morgan fingerprint density at radius 1 is 0.875 bits per heavy atom. The molecule has 2 aliphatic carbocycles. The Hall–Kier alpha value is -1.05. The van der Waals surface area contributed by atoms with Gasteiger partial charge in [0.05, 0.1) is 5.92 Å². The molecule has 2 heteroatoms. The van der Waals surface area contributed by atoms with Crippen LogP contribution in [0.15, 0.2) is 24.3 Å². The molecule has 0 aromatic heterocycles. The molecule has 1 unspecified atom stereocenters. The molecule has 0 aromatic rings. The summed E-state index contributed by atoms with van der Waals surface area (Å²) in [4.78, 5) is 11.0. The minimum atomic E-state index is -0.585. The zero-order valence-electron chi connectivity index (χ0n) is 9.64. The predicted octanol–water partition coefficient (Wildman–Crippen LogP) is 3.40. The summed E-state index contributed by atoms with van der Waals surface area (Å²) in [6.07, 6.45) is 15.3. The van der Waals surface area contributed by atoms with Crippen LogP contribution in [0.25, 0.3) is 0 Å². The molecule has 2 nitrogen and oxygen atoms in total. The van der Waals surface area contributed by atoms with Crippen LogP contribution in [0.1, 0.15) is 38.5 Å². The molecule has 0 spiro atoms. The minimum Gasteiger partial charge on any atom is -0.481 e. The normalized spacial score (nSPS) is 38.6. The highest BCUT2D eigenvalue weighted by molar-refractivity contribution is 5.74. The van der Waals surface area contributed by atoms with E-state index < -0.39 is 5.97 Å². The number of hydrogen-bond donors (Lipinski definition) is 1. The highest BCUT2D eigenvalue weighted by Gasteiger charge is 2.53. The maximum Gasteiger partial charge on any atom is 0.307 e. The van der Waals surface area contributed by atoms with E-state index in [0.29, 0.717) is 11.8 Å². The Bertz CT molecular complexity index is 280. The Morgan fingerprint density at radius 3 is 1.75 bits per heavy atom. The van der Waals surface area contributed by atoms with Crippen LogP contribution in [0.3, 0.4) is 0 Å². The highest BCUT2D eigenvalue weighted by Crippen LogP contribution is 2.52. The number of fused-ring (bicyclic) bond motifs is 1. The summed E-state index contributed by atoms with van der Waals surface area (Å²) < 4.78 is 0. The lowest BCUT2D eigenvalue weighted by molar-refractivity contribution is -0.139. The molecule has 0 heterocycles. The van der Waals surface area contributed by atoms with E-state index in [0.717, 1.165) is 38.5 Å². The average molecular weight is 220 g/mol. The summed E-state index contributed by atoms with van der Waals surface area (Å²) >= 11 is 0. The first-order valence-corrected chi connectivity index (χ1v) is 6.33. The van der Waals surface area contributed by atoms with Gasteiger partial charge in [0.15, 0.2) is 0 Å². The number of carboxylic acids is 1. The summed E-state index contributed by atoms with van der Waals surface area (Å²) in [6.45, 7) is 0. The van der Waals surface area contributed by atoms with Crippen LogP contribution < -0.4 is 0 Å². The van der Waals surface area contributed by atoms with E-state index in [2.05, 4.69) is 24.3 Å². The van der Waals surface area contributed by atoms with Crippen LogP contribution in [0.2, 0.25) is 0 Å². The Morgan fingerprint density at radius 2 is 1.31 bits per heavy atom. The molecule has 0 saturated heterocycles. The number of aliphatic carboxylic acids is 1. The summed E-state index contributed by atoms with van der Waals surface area (Å²) in [5.74, 6) is 0.241. The Balaban J connectivity index is 1.92. The first kappa shape index (κ1) is 11.4. The van der Waals surface area contributed by atoms with Crippen molar-refractivity contribution in [2.24, 2.45) is 17.8 Å². The standard InChI is InChI=1S/C14H20O2/c15-14(16)13-11-9-7-5-3-1-2-4-6-8-10-12(11)13/h3-6,11-13H,1-2,7-10H2,(H,15,16)/b5-3-,6-4+/t11-,12+,13?/m0/s1. The maximum atomic E-state index is 11.0. The van der Waals surface area contributed by atoms with Gasteiger partial charge in [0.25, 0.3) is 0 Å². The van der Waals surface area contributed by atoms with Gasteiger partial charge in [0.2, 0.25) is 0 Å². The van der Waals surface area contributed by atoms with Crippen LogP contribution in [0.4, 0.5) is 0 Å². The first-order chi connectivity index (χ1) is 7.80. The van der Waals surface area contributed by atoms with Crippen molar-refractivity contribution in [3.8, 4) is 0 Å². The highest BCUT2D eigenvalue weighted by atomic mass is 16.4. The van der Waals surface area contributed by atoms with Crippen molar-refractivity contribution in [1.29, 1.82) is 0 Å². The fourth-order valence-corrected chi connectivity index (χ4v) is 2.84. The van der Waals surface area contributed by atoms with Gasteiger partial charge in [-0.2, -0.15) is 0 Å². The molecule has 0 bridgehead atoms. The van der Waals surface area contributed by atoms with Crippen LogP contribution in [0, 0.1) is 17.8 Å². The summed E-state index contributed by atoms with van der Waals surface area (Å²) in [5.41, 5.74) is 0. The van der Waals surface area contributed by atoms with Gasteiger partial charge in [0, 0.05) is 0 Å². The molecule has 0 aromatic carbocycles. The van der Waals surface area contributed by atoms with E-state index in [1.54, 1.807) is 0 Å². The smallest absolute Gasteiger partial charge is 0.307 e. The molecule has 88 valence electrons. The van der Waals surface area contributed by atoms with Crippen LogP contribution in [-0.4, -0.2) is 11.1 Å². The van der Waals surface area contributed by atoms with Crippen molar-refractivity contribution in [1.82, 2.24) is 0 Å². The van der Waals surface area contributed by atoms with E-state index in [1.807, 2.05) is 0 Å². The molecule has 16 heavy (non-hydrogen) atoms. The van der Waals surface area contributed by atoms with Crippen molar-refractivity contribution < 1.29 is 9.90 Å². The monoisotopic (exact) mass is 220 g/mol. The second kappa shape index (κ2) is 5.33. The van der Waals surface area contributed by atoms with Gasteiger partial charge in [-0.1, -0.05) is 24.3 Å². The van der Waals surface area contributed by atoms with Gasteiger partial charge < -0.3 is 5.11 Å². The topological polar surface area (TPSA) is 37.3 Å². The number of hydrogen-bond acceptors (Lipinski definition) is 1. The molecule has 0 amide bonds. The number of rotatable bonds is 1. The molecule has 2 rings (SSSR count). The maximum absolute atomic E-state index is 11.0. The number of allylic oxidation sites excluding steroid dienone is 4. The molecule has 1 fully saturated rings. The molecule has 0 aliphatic heterocycles. The summed E-state index contributed by atoms with van der Waals surface area (Å²) in [6, 6.07) is 0. The fourth-order valence-electron chi connectivity index (χ4n) is 2.84. The average Bonchev–Trinajstić information content (AvgIpc) is 2.91. The van der Waals surface area contributed by atoms with E-state index in [4.69, 9.17) is 5.11 Å². The third-order valence-corrected chi connectivity index (χ3v) is 3.78. The SMILES string of the molecule is O=C(O)C1[C@H]2CC/C=C\CC/C=C/CC[C@@H]12. The van der Waals surface area contributed by atoms with E-state index in [1.165, 1.54) is 0 Å². The van der Waals surface area contributed by atoms with Crippen LogP contribution >= 0.6 is 0 Å². The van der Waals surface area contributed by atoms with E-state index in [-0.39, 0.29) is 5.92 Å². The number of carboxylic acid groups (broad SMARTS) is 1. The molecule has 2 aliphatic rings. The lowest BCUT2D eigenvalue weighted by Gasteiger charge is -1.97. The molecule has 3 atom stereocenters. The molecule has 1 N–H and O–H groups in total. The third kappa shape index (κ3) is 2.75. The Labute approximate surface area is 97.0 Å². The second-order valence-electron chi connectivity index (χ2n) is 4.87. The second-order valence-corrected chi connectivity index (χ2v) is 4.87. The molecule has 1 saturated carbocycles. The zero-order valence-corrected chi connectivity index (χ0v) is 9.64. The van der Waals surface area contributed by atoms with Crippen molar-refractivity contribution in [2.75, 3.05) is 0 Å². The van der Waals surface area contributed by atoms with Gasteiger partial charge in [-0.25, -0.2) is 0 Å². The molecular formula is C14H20O2. The quantitative estimate of drug-likeness (QED) is 0.688.